The Bertz CT molecular complexity index is 1080. The number of ether oxygens (including phenoxy) is 2. The van der Waals surface area contributed by atoms with Crippen molar-refractivity contribution in [1.82, 2.24) is 19.6 Å². The van der Waals surface area contributed by atoms with E-state index in [0.29, 0.717) is 0 Å². The highest BCUT2D eigenvalue weighted by molar-refractivity contribution is 5.91. The van der Waals surface area contributed by atoms with Gasteiger partial charge in [0.15, 0.2) is 0 Å². The molecule has 160 valence electrons. The zero-order valence-electron chi connectivity index (χ0n) is 17.1. The predicted molar refractivity (Wildman–Crippen MR) is 116 cm³/mol. The van der Waals surface area contributed by atoms with Crippen molar-refractivity contribution in [2.24, 2.45) is 0 Å². The summed E-state index contributed by atoms with van der Waals surface area (Å²) in [6.07, 6.45) is 9.20. The van der Waals surface area contributed by atoms with Crippen LogP contribution in [0.15, 0.2) is 97.6 Å². The summed E-state index contributed by atoms with van der Waals surface area (Å²) in [5, 5.41) is 8.31. The van der Waals surface area contributed by atoms with Gasteiger partial charge in [-0.1, -0.05) is 24.3 Å². The van der Waals surface area contributed by atoms with E-state index in [-0.39, 0.29) is 13.2 Å². The molecule has 0 aliphatic carbocycles. The smallest absolute Gasteiger partial charge is 0.331 e. The number of rotatable bonds is 8. The summed E-state index contributed by atoms with van der Waals surface area (Å²) in [5.41, 5.74) is 3.46. The van der Waals surface area contributed by atoms with Crippen LogP contribution >= 0.6 is 0 Å². The van der Waals surface area contributed by atoms with Gasteiger partial charge in [-0.2, -0.15) is 10.2 Å². The standard InChI is InChI=1S/C24H20N4O4/c29-23(31-17-19-3-7-21(8-4-19)27-15-1-13-25-27)11-12-24(30)32-18-20-5-9-22(10-6-20)28-16-2-14-26-28/h1-16H,17-18H2. The van der Waals surface area contributed by atoms with Crippen LogP contribution in [0.4, 0.5) is 0 Å². The molecule has 2 heterocycles. The normalized spacial score (nSPS) is 10.9. The Morgan fingerprint density at radius 1 is 0.688 bits per heavy atom. The van der Waals surface area contributed by atoms with E-state index in [9.17, 15) is 9.59 Å². The van der Waals surface area contributed by atoms with E-state index in [1.807, 2.05) is 73.1 Å². The van der Waals surface area contributed by atoms with Crippen molar-refractivity contribution in [2.45, 2.75) is 13.2 Å². The van der Waals surface area contributed by atoms with Gasteiger partial charge in [0.1, 0.15) is 13.2 Å². The maximum atomic E-state index is 11.9. The fraction of sp³-hybridized carbons (Fsp3) is 0.0833. The topological polar surface area (TPSA) is 88.2 Å². The van der Waals surface area contributed by atoms with Gasteiger partial charge in [-0.3, -0.25) is 0 Å². The summed E-state index contributed by atoms with van der Waals surface area (Å²) in [5.74, 6) is -1.25. The number of nitrogens with zero attached hydrogens (tertiary/aromatic N) is 4. The molecular formula is C24H20N4O4. The van der Waals surface area contributed by atoms with Crippen molar-refractivity contribution in [1.29, 1.82) is 0 Å². The molecule has 2 aromatic carbocycles. The van der Waals surface area contributed by atoms with Gasteiger partial charge >= 0.3 is 11.9 Å². The lowest BCUT2D eigenvalue weighted by Gasteiger charge is -2.05. The number of carbonyl (C=O) groups excluding carboxylic acids is 2. The van der Waals surface area contributed by atoms with Crippen LogP contribution in [0.25, 0.3) is 11.4 Å². The summed E-state index contributed by atoms with van der Waals surface area (Å²) >= 11 is 0. The summed E-state index contributed by atoms with van der Waals surface area (Å²) in [7, 11) is 0. The molecule has 0 radical (unpaired) electrons. The predicted octanol–water partition coefficient (Wildman–Crippen LogP) is 3.40. The fourth-order valence-electron chi connectivity index (χ4n) is 2.87. The Morgan fingerprint density at radius 3 is 1.44 bits per heavy atom. The second kappa shape index (κ2) is 10.0. The molecule has 8 nitrogen and oxygen atoms in total. The lowest BCUT2D eigenvalue weighted by Crippen LogP contribution is -2.05. The first-order valence-electron chi connectivity index (χ1n) is 9.87. The minimum atomic E-state index is -0.623. The Hall–Kier alpha value is -4.46. The third kappa shape index (κ3) is 5.57. The lowest BCUT2D eigenvalue weighted by atomic mass is 10.2. The number of hydrogen-bond donors (Lipinski definition) is 0. The van der Waals surface area contributed by atoms with Crippen molar-refractivity contribution < 1.29 is 19.1 Å². The maximum absolute atomic E-state index is 11.9. The highest BCUT2D eigenvalue weighted by atomic mass is 16.5. The highest BCUT2D eigenvalue weighted by Crippen LogP contribution is 2.11. The van der Waals surface area contributed by atoms with Gasteiger partial charge in [-0.15, -0.1) is 0 Å². The van der Waals surface area contributed by atoms with E-state index in [2.05, 4.69) is 10.2 Å². The lowest BCUT2D eigenvalue weighted by molar-refractivity contribution is -0.141. The van der Waals surface area contributed by atoms with Gasteiger partial charge in [0, 0.05) is 36.9 Å². The molecule has 2 aromatic heterocycles. The van der Waals surface area contributed by atoms with Gasteiger partial charge in [-0.25, -0.2) is 19.0 Å². The van der Waals surface area contributed by atoms with Gasteiger partial charge in [0.2, 0.25) is 0 Å². The Morgan fingerprint density at radius 2 is 1.09 bits per heavy atom. The van der Waals surface area contributed by atoms with E-state index >= 15 is 0 Å². The molecule has 0 fully saturated rings. The number of esters is 2. The van der Waals surface area contributed by atoms with Gasteiger partial charge < -0.3 is 9.47 Å². The molecule has 0 unspecified atom stereocenters. The van der Waals surface area contributed by atoms with Crippen molar-refractivity contribution in [3.8, 4) is 11.4 Å². The zero-order valence-corrected chi connectivity index (χ0v) is 17.1. The second-order valence-corrected chi connectivity index (χ2v) is 6.78. The quantitative estimate of drug-likeness (QED) is 0.316. The molecule has 32 heavy (non-hydrogen) atoms. The van der Waals surface area contributed by atoms with Crippen LogP contribution in [-0.4, -0.2) is 31.5 Å². The first-order chi connectivity index (χ1) is 15.7. The summed E-state index contributed by atoms with van der Waals surface area (Å²) in [6.45, 7) is 0.195. The van der Waals surface area contributed by atoms with E-state index in [4.69, 9.17) is 9.47 Å². The molecule has 0 atom stereocenters. The largest absolute Gasteiger partial charge is 0.458 e. The monoisotopic (exact) mass is 428 g/mol. The van der Waals surface area contributed by atoms with Crippen molar-refractivity contribution in [3.63, 3.8) is 0 Å². The number of benzene rings is 2. The minimum absolute atomic E-state index is 0.0974. The van der Waals surface area contributed by atoms with Crippen LogP contribution in [-0.2, 0) is 32.3 Å². The number of hydrogen-bond acceptors (Lipinski definition) is 6. The molecular weight excluding hydrogens is 408 g/mol. The SMILES string of the molecule is O=C(C=CC(=O)OCc1ccc(-n2cccn2)cc1)OCc1ccc(-n2cccn2)cc1. The molecule has 0 aliphatic rings. The second-order valence-electron chi connectivity index (χ2n) is 6.78. The third-order valence-corrected chi connectivity index (χ3v) is 4.53. The van der Waals surface area contributed by atoms with Crippen molar-refractivity contribution in [2.75, 3.05) is 0 Å². The van der Waals surface area contributed by atoms with Crippen molar-refractivity contribution in [3.05, 3.63) is 109 Å². The van der Waals surface area contributed by atoms with Crippen molar-refractivity contribution >= 4 is 11.9 Å². The molecule has 0 spiro atoms. The summed E-state index contributed by atoms with van der Waals surface area (Å²) in [6, 6.07) is 18.6. The molecule has 0 saturated carbocycles. The van der Waals surface area contributed by atoms with Crippen LogP contribution in [0.2, 0.25) is 0 Å². The molecule has 0 N–H and O–H groups in total. The molecule has 0 saturated heterocycles. The van der Waals surface area contributed by atoms with E-state index < -0.39 is 11.9 Å². The van der Waals surface area contributed by atoms with E-state index in [1.165, 1.54) is 0 Å². The van der Waals surface area contributed by atoms with Crippen LogP contribution < -0.4 is 0 Å². The van der Waals surface area contributed by atoms with Crippen LogP contribution in [0.5, 0.6) is 0 Å². The first kappa shape index (κ1) is 20.8. The Labute approximate surface area is 184 Å². The Kier molecular flexibility index (Phi) is 6.52. The molecule has 4 rings (SSSR count). The molecule has 0 aliphatic heterocycles. The maximum Gasteiger partial charge on any atom is 0.331 e. The Balaban J connectivity index is 1.20. The van der Waals surface area contributed by atoms with Gasteiger partial charge in [0.25, 0.3) is 0 Å². The molecule has 0 amide bonds. The summed E-state index contributed by atoms with van der Waals surface area (Å²) in [4.78, 5) is 23.7. The number of aromatic nitrogens is 4. The average molecular weight is 428 g/mol. The minimum Gasteiger partial charge on any atom is -0.458 e. The molecule has 0 bridgehead atoms. The van der Waals surface area contributed by atoms with Crippen LogP contribution in [0, 0.1) is 0 Å². The third-order valence-electron chi connectivity index (χ3n) is 4.53. The van der Waals surface area contributed by atoms with Crippen LogP contribution in [0.1, 0.15) is 11.1 Å². The molecule has 4 aromatic rings. The van der Waals surface area contributed by atoms with Gasteiger partial charge in [0.05, 0.1) is 11.4 Å². The fourth-order valence-corrected chi connectivity index (χ4v) is 2.87. The van der Waals surface area contributed by atoms with E-state index in [0.717, 1.165) is 34.7 Å². The van der Waals surface area contributed by atoms with Crippen LogP contribution in [0.3, 0.4) is 0 Å². The average Bonchev–Trinajstić information content (AvgIpc) is 3.55. The highest BCUT2D eigenvalue weighted by Gasteiger charge is 2.04. The number of carbonyl (C=O) groups is 2. The zero-order chi connectivity index (χ0) is 22.2. The summed E-state index contributed by atoms with van der Waals surface area (Å²) < 4.78 is 13.8. The van der Waals surface area contributed by atoms with E-state index in [1.54, 1.807) is 21.8 Å². The first-order valence-corrected chi connectivity index (χ1v) is 9.87. The van der Waals surface area contributed by atoms with Gasteiger partial charge in [-0.05, 0) is 47.5 Å². The molecule has 8 heteroatoms.